The molecule has 1 N–H and O–H groups in total. The minimum absolute atomic E-state index is 0.0599. The number of ether oxygens (including phenoxy) is 2. The van der Waals surface area contributed by atoms with Crippen molar-refractivity contribution in [3.63, 3.8) is 0 Å². The number of benzene rings is 2. The molecule has 9 nitrogen and oxygen atoms in total. The lowest BCUT2D eigenvalue weighted by Crippen LogP contribution is -2.78. The number of nitrogens with zero attached hydrogens (tertiary/aromatic N) is 2. The number of aliphatic hydroxyl groups is 1. The molecule has 2 aromatic carbocycles. The van der Waals surface area contributed by atoms with Crippen molar-refractivity contribution in [1.29, 1.82) is 0 Å². The maximum atomic E-state index is 14.8. The van der Waals surface area contributed by atoms with Gasteiger partial charge in [-0.25, -0.2) is 12.8 Å². The predicted octanol–water partition coefficient (Wildman–Crippen LogP) is 3.51. The highest BCUT2D eigenvalue weighted by Crippen LogP contribution is 2.66. The van der Waals surface area contributed by atoms with Crippen LogP contribution in [0.2, 0.25) is 0 Å². The standard InChI is InChI=1S/C31H31FN2O7S/c1-33(26(35)10-7-19-12-16-40-18-19)22-11-13-31(36)25-17-20-8-9-23(39-2)28-27(20)30(31,29(22)41-28)14-15-34(25)42(37,38)24-6-4-3-5-21(24)32/h3-10,12,16,18,22,25,29,36H,11,13-15,17H2,1-2H3/b10-7-/t22-,25-,29+,30+,31-/m1/s1. The van der Waals surface area contributed by atoms with E-state index < -0.39 is 49.9 Å². The van der Waals surface area contributed by atoms with E-state index in [1.54, 1.807) is 43.5 Å². The fourth-order valence-corrected chi connectivity index (χ4v) is 9.65. The van der Waals surface area contributed by atoms with Crippen LogP contribution in [-0.2, 0) is 26.7 Å². The number of furan rings is 1. The summed E-state index contributed by atoms with van der Waals surface area (Å²) in [6.07, 6.45) is 6.64. The Labute approximate surface area is 243 Å². The molecule has 3 aromatic rings. The summed E-state index contributed by atoms with van der Waals surface area (Å²) in [5, 5.41) is 12.7. The van der Waals surface area contributed by atoms with E-state index in [9.17, 15) is 22.7 Å². The Morgan fingerprint density at radius 2 is 2.02 bits per heavy atom. The van der Waals surface area contributed by atoms with Gasteiger partial charge in [0, 0.05) is 30.8 Å². The van der Waals surface area contributed by atoms with E-state index >= 15 is 0 Å². The Morgan fingerprint density at radius 3 is 2.76 bits per heavy atom. The van der Waals surface area contributed by atoms with E-state index in [0.717, 1.165) is 22.8 Å². The third kappa shape index (κ3) is 3.53. The van der Waals surface area contributed by atoms with Gasteiger partial charge >= 0.3 is 0 Å². The van der Waals surface area contributed by atoms with Gasteiger partial charge in [-0.3, -0.25) is 4.79 Å². The van der Waals surface area contributed by atoms with Gasteiger partial charge in [-0.15, -0.1) is 0 Å². The number of carbonyl (C=O) groups excluding carboxylic acids is 1. The van der Waals surface area contributed by atoms with Gasteiger partial charge in [0.15, 0.2) is 11.5 Å². The molecule has 3 heterocycles. The summed E-state index contributed by atoms with van der Waals surface area (Å²) < 4.78 is 61.3. The summed E-state index contributed by atoms with van der Waals surface area (Å²) in [6, 6.07) is 9.49. The average Bonchev–Trinajstić information content (AvgIpc) is 3.61. The van der Waals surface area contributed by atoms with Gasteiger partial charge < -0.3 is 23.9 Å². The number of sulfonamides is 1. The van der Waals surface area contributed by atoms with Crippen molar-refractivity contribution in [2.45, 2.75) is 59.8 Å². The van der Waals surface area contributed by atoms with E-state index in [2.05, 4.69) is 0 Å². The van der Waals surface area contributed by atoms with Crippen molar-refractivity contribution in [1.82, 2.24) is 9.21 Å². The third-order valence-corrected chi connectivity index (χ3v) is 11.8. The molecule has 1 saturated heterocycles. The number of halogens is 1. The molecule has 1 amide bonds. The quantitative estimate of drug-likeness (QED) is 0.435. The maximum absolute atomic E-state index is 14.8. The van der Waals surface area contributed by atoms with Crippen molar-refractivity contribution in [3.05, 3.63) is 83.6 Å². The Balaban J connectivity index is 1.32. The zero-order valence-electron chi connectivity index (χ0n) is 23.2. The predicted molar refractivity (Wildman–Crippen MR) is 150 cm³/mol. The summed E-state index contributed by atoms with van der Waals surface area (Å²) in [5.74, 6) is -0.0135. The Bertz CT molecular complexity index is 1710. The lowest BCUT2D eigenvalue weighted by molar-refractivity contribution is -0.186. The Kier molecular flexibility index (Phi) is 6.09. The molecule has 2 aliphatic heterocycles. The third-order valence-electron chi connectivity index (χ3n) is 9.82. The van der Waals surface area contributed by atoms with Crippen molar-refractivity contribution in [3.8, 4) is 11.5 Å². The lowest BCUT2D eigenvalue weighted by Gasteiger charge is -2.64. The van der Waals surface area contributed by atoms with Gasteiger partial charge in [0.1, 0.15) is 16.8 Å². The van der Waals surface area contributed by atoms with Gasteiger partial charge in [0.25, 0.3) is 0 Å². The summed E-state index contributed by atoms with van der Waals surface area (Å²) in [5.41, 5.74) is -0.0849. The molecule has 2 fully saturated rings. The fourth-order valence-electron chi connectivity index (χ4n) is 7.91. The second-order valence-corrected chi connectivity index (χ2v) is 13.4. The second kappa shape index (κ2) is 9.42. The first-order valence-corrected chi connectivity index (χ1v) is 15.4. The van der Waals surface area contributed by atoms with Crippen LogP contribution in [0.3, 0.4) is 0 Å². The van der Waals surface area contributed by atoms with Gasteiger partial charge in [0.2, 0.25) is 15.9 Å². The van der Waals surface area contributed by atoms with Crippen molar-refractivity contribution < 1.29 is 36.6 Å². The molecule has 7 rings (SSSR count). The summed E-state index contributed by atoms with van der Waals surface area (Å²) in [7, 11) is -1.00. The van der Waals surface area contributed by atoms with Crippen LogP contribution in [0.15, 0.2) is 70.4 Å². The molecule has 5 atom stereocenters. The van der Waals surface area contributed by atoms with Gasteiger partial charge in [-0.2, -0.15) is 4.31 Å². The summed E-state index contributed by atoms with van der Waals surface area (Å²) >= 11 is 0. The van der Waals surface area contributed by atoms with Crippen LogP contribution in [-0.4, -0.2) is 73.1 Å². The molecule has 1 spiro atoms. The van der Waals surface area contributed by atoms with Crippen molar-refractivity contribution >= 4 is 22.0 Å². The van der Waals surface area contributed by atoms with Crippen molar-refractivity contribution in [2.75, 3.05) is 20.7 Å². The van der Waals surface area contributed by atoms with Crippen LogP contribution in [0, 0.1) is 5.82 Å². The van der Waals surface area contributed by atoms with Crippen molar-refractivity contribution in [2.24, 2.45) is 0 Å². The van der Waals surface area contributed by atoms with E-state index in [0.29, 0.717) is 17.9 Å². The zero-order chi connectivity index (χ0) is 29.4. The number of likely N-dealkylation sites (N-methyl/N-ethyl adjacent to an activating group) is 1. The summed E-state index contributed by atoms with van der Waals surface area (Å²) in [6.45, 7) is 0.0599. The molecule has 11 heteroatoms. The monoisotopic (exact) mass is 594 g/mol. The summed E-state index contributed by atoms with van der Waals surface area (Å²) in [4.78, 5) is 14.6. The first kappa shape index (κ1) is 27.2. The van der Waals surface area contributed by atoms with E-state index in [-0.39, 0.29) is 31.7 Å². The molecule has 0 radical (unpaired) electrons. The number of carbonyl (C=O) groups is 1. The van der Waals surface area contributed by atoms with Gasteiger partial charge in [-0.05, 0) is 61.6 Å². The molecule has 2 bridgehead atoms. The Hall–Kier alpha value is -3.67. The SMILES string of the molecule is COc1ccc2c3c1O[C@H]1[C@H](N(C)C(=O)/C=C\c4ccoc4)CC[C@@]4(O)[C@@H](C2)N(S(=O)(=O)c2ccccc2F)CC[C@]314. The largest absolute Gasteiger partial charge is 0.493 e. The molecular weight excluding hydrogens is 563 g/mol. The minimum atomic E-state index is -4.27. The normalized spacial score (nSPS) is 29.7. The minimum Gasteiger partial charge on any atom is -0.493 e. The van der Waals surface area contributed by atoms with E-state index in [1.807, 2.05) is 6.07 Å². The van der Waals surface area contributed by atoms with Crippen LogP contribution in [0.1, 0.15) is 36.0 Å². The number of rotatable bonds is 6. The number of amides is 1. The first-order chi connectivity index (χ1) is 20.1. The lowest BCUT2D eigenvalue weighted by atomic mass is 9.48. The fraction of sp³-hybridized carbons (Fsp3) is 0.387. The molecule has 220 valence electrons. The molecular formula is C31H31FN2O7S. The zero-order valence-corrected chi connectivity index (χ0v) is 24.0. The van der Waals surface area contributed by atoms with E-state index in [1.165, 1.54) is 34.8 Å². The topological polar surface area (TPSA) is 110 Å². The highest BCUT2D eigenvalue weighted by Gasteiger charge is 2.74. The number of piperidine rings is 1. The molecule has 4 aliphatic rings. The second-order valence-electron chi connectivity index (χ2n) is 11.5. The van der Waals surface area contributed by atoms with Crippen LogP contribution in [0.5, 0.6) is 11.5 Å². The highest BCUT2D eigenvalue weighted by molar-refractivity contribution is 7.89. The van der Waals surface area contributed by atoms with Gasteiger partial charge in [-0.1, -0.05) is 18.2 Å². The molecule has 42 heavy (non-hydrogen) atoms. The van der Waals surface area contributed by atoms with Gasteiger partial charge in [0.05, 0.1) is 42.7 Å². The van der Waals surface area contributed by atoms with Crippen LogP contribution in [0.4, 0.5) is 4.39 Å². The number of hydrogen-bond acceptors (Lipinski definition) is 7. The van der Waals surface area contributed by atoms with Crippen LogP contribution < -0.4 is 9.47 Å². The smallest absolute Gasteiger partial charge is 0.246 e. The highest BCUT2D eigenvalue weighted by atomic mass is 32.2. The molecule has 2 aliphatic carbocycles. The van der Waals surface area contributed by atoms with Crippen LogP contribution >= 0.6 is 0 Å². The number of methoxy groups -OCH3 is 1. The molecule has 0 unspecified atom stereocenters. The number of hydrogen-bond donors (Lipinski definition) is 1. The Morgan fingerprint density at radius 1 is 1.21 bits per heavy atom. The average molecular weight is 595 g/mol. The van der Waals surface area contributed by atoms with Crippen LogP contribution in [0.25, 0.3) is 6.08 Å². The maximum Gasteiger partial charge on any atom is 0.246 e. The molecule has 1 saturated carbocycles. The van der Waals surface area contributed by atoms with E-state index in [4.69, 9.17) is 13.9 Å². The molecule has 1 aromatic heterocycles. The first-order valence-electron chi connectivity index (χ1n) is 14.0.